The molecule has 2 aromatic heterocycles. The Balaban J connectivity index is 2.00. The molecule has 0 fully saturated rings. The second-order valence-electron chi connectivity index (χ2n) is 5.18. The number of carbonyl (C=O) groups is 1. The minimum Gasteiger partial charge on any atom is -0.468 e. The Kier molecular flexibility index (Phi) is 5.77. The van der Waals surface area contributed by atoms with E-state index in [1.54, 1.807) is 29.6 Å². The molecule has 0 aromatic carbocycles. The maximum atomic E-state index is 12.3. The van der Waals surface area contributed by atoms with Crippen LogP contribution in [0.3, 0.4) is 0 Å². The molecule has 1 amide bonds. The number of furan rings is 1. The molecule has 0 radical (unpaired) electrons. The number of aromatic nitrogens is 2. The summed E-state index contributed by atoms with van der Waals surface area (Å²) in [5.41, 5.74) is 0. The van der Waals surface area contributed by atoms with Gasteiger partial charge >= 0.3 is 0 Å². The number of amides is 1. The van der Waals surface area contributed by atoms with E-state index in [0.717, 1.165) is 18.8 Å². The first-order valence-corrected chi connectivity index (χ1v) is 7.69. The molecule has 2 heterocycles. The number of carbonyl (C=O) groups excluding carboxylic acids is 1. The molecular weight excluding hydrogens is 280 g/mol. The molecule has 2 atom stereocenters. The van der Waals surface area contributed by atoms with Gasteiger partial charge in [0.1, 0.15) is 11.8 Å². The number of rotatable bonds is 8. The minimum atomic E-state index is -0.281. The summed E-state index contributed by atoms with van der Waals surface area (Å²) in [4.78, 5) is 18.5. The van der Waals surface area contributed by atoms with Crippen LogP contribution >= 0.6 is 0 Å². The smallest absolute Gasteiger partial charge is 0.242 e. The normalized spacial score (nSPS) is 14.0. The molecule has 22 heavy (non-hydrogen) atoms. The second-order valence-corrected chi connectivity index (χ2v) is 5.18. The Labute approximate surface area is 131 Å². The molecule has 0 spiro atoms. The van der Waals surface area contributed by atoms with Crippen LogP contribution in [0.5, 0.6) is 0 Å². The molecule has 6 heteroatoms. The first-order valence-electron chi connectivity index (χ1n) is 7.69. The highest BCUT2D eigenvalue weighted by molar-refractivity contribution is 5.79. The lowest BCUT2D eigenvalue weighted by Gasteiger charge is -2.28. The molecule has 120 valence electrons. The van der Waals surface area contributed by atoms with Gasteiger partial charge in [-0.15, -0.1) is 0 Å². The lowest BCUT2D eigenvalue weighted by Crippen LogP contribution is -2.40. The summed E-state index contributed by atoms with van der Waals surface area (Å²) in [5.74, 6) is 0.848. The van der Waals surface area contributed by atoms with E-state index < -0.39 is 0 Å². The van der Waals surface area contributed by atoms with Gasteiger partial charge in [-0.2, -0.15) is 0 Å². The summed E-state index contributed by atoms with van der Waals surface area (Å²) in [5, 5.41) is 3.02. The lowest BCUT2D eigenvalue weighted by atomic mass is 10.1. The molecule has 2 rings (SSSR count). The first kappa shape index (κ1) is 16.3. The molecular formula is C16H24N4O2. The first-order chi connectivity index (χ1) is 10.7. The molecule has 0 unspecified atom stereocenters. The number of nitrogens with zero attached hydrogens (tertiary/aromatic N) is 3. The highest BCUT2D eigenvalue weighted by Crippen LogP contribution is 2.20. The van der Waals surface area contributed by atoms with Gasteiger partial charge in [-0.3, -0.25) is 9.69 Å². The predicted molar refractivity (Wildman–Crippen MR) is 84.3 cm³/mol. The third kappa shape index (κ3) is 3.76. The molecule has 2 aromatic rings. The molecule has 0 aliphatic carbocycles. The lowest BCUT2D eigenvalue weighted by molar-refractivity contribution is -0.124. The fourth-order valence-electron chi connectivity index (χ4n) is 2.53. The van der Waals surface area contributed by atoms with Crippen molar-refractivity contribution in [1.29, 1.82) is 0 Å². The molecule has 0 aliphatic heterocycles. The molecule has 0 bridgehead atoms. The van der Waals surface area contributed by atoms with Gasteiger partial charge in [-0.25, -0.2) is 4.98 Å². The van der Waals surface area contributed by atoms with Crippen LogP contribution in [-0.2, 0) is 4.79 Å². The average Bonchev–Trinajstić information content (AvgIpc) is 3.23. The predicted octanol–water partition coefficient (Wildman–Crippen LogP) is 2.24. The van der Waals surface area contributed by atoms with Gasteiger partial charge in [0.25, 0.3) is 0 Å². The number of likely N-dealkylation sites (N-methyl/N-ethyl adjacent to an activating group) is 1. The van der Waals surface area contributed by atoms with E-state index >= 15 is 0 Å². The van der Waals surface area contributed by atoms with Crippen LogP contribution in [0.2, 0.25) is 0 Å². The van der Waals surface area contributed by atoms with E-state index in [0.29, 0.717) is 6.54 Å². The van der Waals surface area contributed by atoms with Crippen LogP contribution in [0.15, 0.2) is 41.5 Å². The maximum Gasteiger partial charge on any atom is 0.242 e. The SMILES string of the molecule is CCN(CC)[C@@H](CNC(=O)[C@@H](C)n1ccnc1)c1ccco1. The van der Waals surface area contributed by atoms with Gasteiger partial charge in [0.2, 0.25) is 5.91 Å². The van der Waals surface area contributed by atoms with Crippen molar-refractivity contribution in [2.45, 2.75) is 32.9 Å². The van der Waals surface area contributed by atoms with E-state index in [9.17, 15) is 4.79 Å². The summed E-state index contributed by atoms with van der Waals surface area (Å²) >= 11 is 0. The Morgan fingerprint density at radius 1 is 1.45 bits per heavy atom. The van der Waals surface area contributed by atoms with Crippen molar-refractivity contribution in [3.8, 4) is 0 Å². The van der Waals surface area contributed by atoms with Crippen molar-refractivity contribution in [1.82, 2.24) is 19.8 Å². The number of imidazole rings is 1. The summed E-state index contributed by atoms with van der Waals surface area (Å²) in [6.45, 7) is 8.39. The summed E-state index contributed by atoms with van der Waals surface area (Å²) in [6.07, 6.45) is 6.78. The van der Waals surface area contributed by atoms with Crippen molar-refractivity contribution < 1.29 is 9.21 Å². The van der Waals surface area contributed by atoms with Crippen molar-refractivity contribution in [2.75, 3.05) is 19.6 Å². The number of hydrogen-bond acceptors (Lipinski definition) is 4. The van der Waals surface area contributed by atoms with Crippen LogP contribution in [0.4, 0.5) is 0 Å². The topological polar surface area (TPSA) is 63.3 Å². The number of nitrogens with one attached hydrogen (secondary N) is 1. The van der Waals surface area contributed by atoms with E-state index in [-0.39, 0.29) is 18.0 Å². The number of hydrogen-bond donors (Lipinski definition) is 1. The molecule has 6 nitrogen and oxygen atoms in total. The summed E-state index contributed by atoms with van der Waals surface area (Å²) < 4.78 is 7.32. The van der Waals surface area contributed by atoms with Crippen molar-refractivity contribution >= 4 is 5.91 Å². The van der Waals surface area contributed by atoms with Gasteiger partial charge in [-0.1, -0.05) is 13.8 Å². The molecule has 1 N–H and O–H groups in total. The highest BCUT2D eigenvalue weighted by Gasteiger charge is 2.22. The molecule has 0 saturated carbocycles. The minimum absolute atomic E-state index is 0.0262. The van der Waals surface area contributed by atoms with E-state index in [1.807, 2.05) is 19.1 Å². The second kappa shape index (κ2) is 7.79. The van der Waals surface area contributed by atoms with Gasteiger partial charge in [-0.05, 0) is 32.1 Å². The zero-order valence-corrected chi connectivity index (χ0v) is 13.4. The molecule has 0 aliphatic rings. The largest absolute Gasteiger partial charge is 0.468 e. The fraction of sp³-hybridized carbons (Fsp3) is 0.500. The Hall–Kier alpha value is -2.08. The van der Waals surface area contributed by atoms with E-state index in [4.69, 9.17) is 4.42 Å². The van der Waals surface area contributed by atoms with Crippen LogP contribution in [0.1, 0.15) is 38.6 Å². The summed E-state index contributed by atoms with van der Waals surface area (Å²) in [7, 11) is 0. The third-order valence-electron chi connectivity index (χ3n) is 3.95. The van der Waals surface area contributed by atoms with Gasteiger partial charge in [0.15, 0.2) is 0 Å². The standard InChI is InChI=1S/C16H24N4O2/c1-4-19(5-2)14(15-7-6-10-22-15)11-18-16(21)13(3)20-9-8-17-12-20/h6-10,12-14H,4-5,11H2,1-3H3,(H,18,21)/t13-,14+/m1/s1. The van der Waals surface area contributed by atoms with Crippen LogP contribution in [0, 0.1) is 0 Å². The van der Waals surface area contributed by atoms with Crippen molar-refractivity contribution in [3.05, 3.63) is 42.9 Å². The van der Waals surface area contributed by atoms with Crippen LogP contribution in [-0.4, -0.2) is 40.0 Å². The van der Waals surface area contributed by atoms with Crippen molar-refractivity contribution in [2.24, 2.45) is 0 Å². The maximum absolute atomic E-state index is 12.3. The van der Waals surface area contributed by atoms with Crippen LogP contribution in [0.25, 0.3) is 0 Å². The van der Waals surface area contributed by atoms with Crippen LogP contribution < -0.4 is 5.32 Å². The van der Waals surface area contributed by atoms with Gasteiger partial charge in [0, 0.05) is 18.9 Å². The fourth-order valence-corrected chi connectivity index (χ4v) is 2.53. The molecule has 0 saturated heterocycles. The Bertz CT molecular complexity index is 547. The zero-order chi connectivity index (χ0) is 15.9. The monoisotopic (exact) mass is 304 g/mol. The third-order valence-corrected chi connectivity index (χ3v) is 3.95. The quantitative estimate of drug-likeness (QED) is 0.812. The highest BCUT2D eigenvalue weighted by atomic mass is 16.3. The van der Waals surface area contributed by atoms with E-state index in [1.165, 1.54) is 0 Å². The van der Waals surface area contributed by atoms with Gasteiger partial charge < -0.3 is 14.3 Å². The zero-order valence-electron chi connectivity index (χ0n) is 13.4. The Morgan fingerprint density at radius 2 is 2.23 bits per heavy atom. The van der Waals surface area contributed by atoms with Gasteiger partial charge in [0.05, 0.1) is 18.6 Å². The summed E-state index contributed by atoms with van der Waals surface area (Å²) in [6, 6.07) is 3.59. The van der Waals surface area contributed by atoms with Crippen molar-refractivity contribution in [3.63, 3.8) is 0 Å². The average molecular weight is 304 g/mol. The van der Waals surface area contributed by atoms with E-state index in [2.05, 4.69) is 29.0 Å². The Morgan fingerprint density at radius 3 is 2.77 bits per heavy atom.